The molecule has 0 aliphatic carbocycles. The number of allylic oxidation sites excluding steroid dienone is 2. The van der Waals surface area contributed by atoms with E-state index in [4.69, 9.17) is 4.74 Å². The van der Waals surface area contributed by atoms with Gasteiger partial charge in [-0.3, -0.25) is 19.4 Å². The summed E-state index contributed by atoms with van der Waals surface area (Å²) in [5, 5.41) is -0.208. The second-order valence-corrected chi connectivity index (χ2v) is 6.27. The van der Waals surface area contributed by atoms with Crippen LogP contribution in [0, 0.1) is 0 Å². The van der Waals surface area contributed by atoms with Gasteiger partial charge in [0.25, 0.3) is 11.1 Å². The maximum absolute atomic E-state index is 12.4. The number of morpholine rings is 1. The SMILES string of the molecule is O=C1S/C(=C\C=C\c2ccccc2)C(=O)N1CN1CCOCC1. The minimum Gasteiger partial charge on any atom is -0.379 e. The van der Waals surface area contributed by atoms with Crippen LogP contribution in [0.2, 0.25) is 0 Å². The molecule has 2 aliphatic rings. The third-order valence-electron chi connectivity index (χ3n) is 3.65. The Morgan fingerprint density at radius 1 is 1.13 bits per heavy atom. The summed E-state index contributed by atoms with van der Waals surface area (Å²) in [5.74, 6) is -0.218. The van der Waals surface area contributed by atoms with Crippen LogP contribution in [0.4, 0.5) is 4.79 Å². The number of amides is 2. The molecular weight excluding hydrogens is 312 g/mol. The van der Waals surface area contributed by atoms with Gasteiger partial charge in [-0.2, -0.15) is 0 Å². The molecule has 0 saturated carbocycles. The highest BCUT2D eigenvalue weighted by Crippen LogP contribution is 2.30. The van der Waals surface area contributed by atoms with Gasteiger partial charge in [0.1, 0.15) is 0 Å². The van der Waals surface area contributed by atoms with Gasteiger partial charge in [0, 0.05) is 13.1 Å². The Hall–Kier alpha value is -1.89. The van der Waals surface area contributed by atoms with E-state index < -0.39 is 0 Å². The Labute approximate surface area is 139 Å². The third-order valence-corrected chi connectivity index (χ3v) is 4.58. The summed E-state index contributed by atoms with van der Waals surface area (Å²) in [5.41, 5.74) is 1.05. The molecule has 1 aromatic rings. The zero-order valence-electron chi connectivity index (χ0n) is 12.7. The van der Waals surface area contributed by atoms with E-state index in [0.717, 1.165) is 30.4 Å². The minimum absolute atomic E-state index is 0.208. The molecule has 2 heterocycles. The summed E-state index contributed by atoms with van der Waals surface area (Å²) in [6, 6.07) is 9.82. The second-order valence-electron chi connectivity index (χ2n) is 5.27. The Morgan fingerprint density at radius 2 is 1.87 bits per heavy atom. The van der Waals surface area contributed by atoms with Crippen molar-refractivity contribution in [3.05, 3.63) is 53.0 Å². The van der Waals surface area contributed by atoms with Crippen molar-refractivity contribution in [2.45, 2.75) is 0 Å². The van der Waals surface area contributed by atoms with Crippen molar-refractivity contribution in [1.29, 1.82) is 0 Å². The summed E-state index contributed by atoms with van der Waals surface area (Å²) in [7, 11) is 0. The molecule has 5 nitrogen and oxygen atoms in total. The van der Waals surface area contributed by atoms with Crippen molar-refractivity contribution in [3.8, 4) is 0 Å². The molecule has 2 aliphatic heterocycles. The van der Waals surface area contributed by atoms with Crippen molar-refractivity contribution < 1.29 is 14.3 Å². The number of hydrogen-bond donors (Lipinski definition) is 0. The third kappa shape index (κ3) is 4.10. The number of imide groups is 1. The zero-order chi connectivity index (χ0) is 16.1. The lowest BCUT2D eigenvalue weighted by molar-refractivity contribution is -0.125. The average molecular weight is 330 g/mol. The van der Waals surface area contributed by atoms with Crippen LogP contribution in [0.15, 0.2) is 47.4 Å². The first-order chi connectivity index (χ1) is 11.2. The summed E-state index contributed by atoms with van der Waals surface area (Å²) in [6.45, 7) is 3.12. The van der Waals surface area contributed by atoms with Crippen molar-refractivity contribution in [2.75, 3.05) is 33.0 Å². The van der Waals surface area contributed by atoms with E-state index in [1.807, 2.05) is 36.4 Å². The highest BCUT2D eigenvalue weighted by Gasteiger charge is 2.35. The van der Waals surface area contributed by atoms with E-state index >= 15 is 0 Å². The molecule has 23 heavy (non-hydrogen) atoms. The fourth-order valence-corrected chi connectivity index (χ4v) is 3.17. The number of thioether (sulfide) groups is 1. The first kappa shape index (κ1) is 16.0. The lowest BCUT2D eigenvalue weighted by Crippen LogP contribution is -2.45. The van der Waals surface area contributed by atoms with E-state index in [9.17, 15) is 9.59 Å². The predicted molar refractivity (Wildman–Crippen MR) is 90.7 cm³/mol. The molecule has 2 amide bonds. The van der Waals surface area contributed by atoms with Gasteiger partial charge in [0.2, 0.25) is 0 Å². The standard InChI is InChI=1S/C17H18N2O3S/c20-16-15(8-4-7-14-5-2-1-3-6-14)23-17(21)19(16)13-18-9-11-22-12-10-18/h1-8H,9-13H2/b7-4+,15-8-. The topological polar surface area (TPSA) is 49.9 Å². The van der Waals surface area contributed by atoms with Gasteiger partial charge >= 0.3 is 0 Å². The monoisotopic (exact) mass is 330 g/mol. The van der Waals surface area contributed by atoms with Gasteiger partial charge in [-0.15, -0.1) is 0 Å². The zero-order valence-corrected chi connectivity index (χ0v) is 13.5. The van der Waals surface area contributed by atoms with Crippen molar-refractivity contribution in [2.24, 2.45) is 0 Å². The molecule has 0 spiro atoms. The molecule has 0 atom stereocenters. The summed E-state index contributed by atoms with van der Waals surface area (Å²) in [4.78, 5) is 28.2. The minimum atomic E-state index is -0.218. The molecule has 1 aromatic carbocycles. The Balaban J connectivity index is 1.63. The average Bonchev–Trinajstić information content (AvgIpc) is 2.85. The Morgan fingerprint density at radius 3 is 2.61 bits per heavy atom. The van der Waals surface area contributed by atoms with Gasteiger partial charge < -0.3 is 4.74 Å². The van der Waals surface area contributed by atoms with Gasteiger partial charge in [0.05, 0.1) is 24.8 Å². The van der Waals surface area contributed by atoms with Crippen LogP contribution in [0.25, 0.3) is 6.08 Å². The van der Waals surface area contributed by atoms with Crippen LogP contribution in [0.3, 0.4) is 0 Å². The normalized spacial score (nSPS) is 21.7. The van der Waals surface area contributed by atoms with E-state index in [0.29, 0.717) is 24.8 Å². The fourth-order valence-electron chi connectivity index (χ4n) is 2.39. The van der Waals surface area contributed by atoms with Crippen LogP contribution >= 0.6 is 11.8 Å². The first-order valence-corrected chi connectivity index (χ1v) is 8.33. The van der Waals surface area contributed by atoms with E-state index in [1.54, 1.807) is 12.2 Å². The smallest absolute Gasteiger partial charge is 0.294 e. The van der Waals surface area contributed by atoms with E-state index in [1.165, 1.54) is 4.90 Å². The molecule has 6 heteroatoms. The largest absolute Gasteiger partial charge is 0.379 e. The first-order valence-electron chi connectivity index (χ1n) is 7.51. The van der Waals surface area contributed by atoms with Gasteiger partial charge in [-0.25, -0.2) is 0 Å². The number of carbonyl (C=O) groups is 2. The summed E-state index contributed by atoms with van der Waals surface area (Å²) < 4.78 is 5.28. The van der Waals surface area contributed by atoms with Gasteiger partial charge in [-0.05, 0) is 23.4 Å². The Kier molecular flexibility index (Phi) is 5.27. The number of nitrogens with zero attached hydrogens (tertiary/aromatic N) is 2. The van der Waals surface area contributed by atoms with Crippen LogP contribution in [0.1, 0.15) is 5.56 Å². The van der Waals surface area contributed by atoms with Crippen molar-refractivity contribution in [3.63, 3.8) is 0 Å². The molecule has 0 unspecified atom stereocenters. The predicted octanol–water partition coefficient (Wildman–Crippen LogP) is 2.57. The Bertz CT molecular complexity index is 636. The number of benzene rings is 1. The van der Waals surface area contributed by atoms with E-state index in [-0.39, 0.29) is 11.1 Å². The fraction of sp³-hybridized carbons (Fsp3) is 0.294. The number of hydrogen-bond acceptors (Lipinski definition) is 5. The highest BCUT2D eigenvalue weighted by atomic mass is 32.2. The molecular formula is C17H18N2O3S. The van der Waals surface area contributed by atoms with Gasteiger partial charge in [-0.1, -0.05) is 42.5 Å². The molecule has 0 bridgehead atoms. The lowest BCUT2D eigenvalue weighted by atomic mass is 10.2. The number of carbonyl (C=O) groups excluding carboxylic acids is 2. The van der Waals surface area contributed by atoms with Crippen LogP contribution in [-0.2, 0) is 9.53 Å². The maximum atomic E-state index is 12.4. The molecule has 0 aromatic heterocycles. The second kappa shape index (κ2) is 7.59. The number of rotatable bonds is 4. The van der Waals surface area contributed by atoms with Crippen LogP contribution in [-0.4, -0.2) is 53.9 Å². The molecule has 3 rings (SSSR count). The lowest BCUT2D eigenvalue weighted by Gasteiger charge is -2.29. The van der Waals surface area contributed by atoms with Crippen molar-refractivity contribution >= 4 is 29.0 Å². The maximum Gasteiger partial charge on any atom is 0.294 e. The quantitative estimate of drug-likeness (QED) is 0.794. The van der Waals surface area contributed by atoms with Crippen LogP contribution in [0.5, 0.6) is 0 Å². The molecule has 120 valence electrons. The molecule has 0 N–H and O–H groups in total. The summed E-state index contributed by atoms with van der Waals surface area (Å²) in [6.07, 6.45) is 5.42. The van der Waals surface area contributed by atoms with Gasteiger partial charge in [0.15, 0.2) is 0 Å². The van der Waals surface area contributed by atoms with Crippen molar-refractivity contribution in [1.82, 2.24) is 9.80 Å². The highest BCUT2D eigenvalue weighted by molar-refractivity contribution is 8.18. The van der Waals surface area contributed by atoms with Crippen LogP contribution < -0.4 is 0 Å². The molecule has 0 radical (unpaired) electrons. The molecule has 2 saturated heterocycles. The molecule has 2 fully saturated rings. The number of ether oxygens (including phenoxy) is 1. The summed E-state index contributed by atoms with van der Waals surface area (Å²) >= 11 is 0.995. The van der Waals surface area contributed by atoms with E-state index in [2.05, 4.69) is 4.90 Å².